The molecule has 0 amide bonds. The van der Waals surface area contributed by atoms with E-state index in [2.05, 4.69) is 4.43 Å². The summed E-state index contributed by atoms with van der Waals surface area (Å²) < 4.78 is 20.1. The Bertz CT molecular complexity index is 248. The molecule has 1 rings (SSSR count). The molecule has 0 saturated carbocycles. The van der Waals surface area contributed by atoms with Crippen molar-refractivity contribution in [1.82, 2.24) is 0 Å². The zero-order valence-electron chi connectivity index (χ0n) is 6.82. The van der Waals surface area contributed by atoms with E-state index in [9.17, 15) is 4.46 Å². The van der Waals surface area contributed by atoms with Gasteiger partial charge in [-0.25, -0.2) is 0 Å². The molecule has 0 unspecified atom stereocenters. The molecule has 3 nitrogen and oxygen atoms in total. The molecule has 0 aliphatic carbocycles. The average molecular weight is 182 g/mol. The van der Waals surface area contributed by atoms with Crippen LogP contribution in [-0.2, 0) is 19.9 Å². The molecule has 0 N–H and O–H groups in total. The number of hydrogen-bond acceptors (Lipinski definition) is 3. The van der Waals surface area contributed by atoms with Crippen LogP contribution in [-0.4, -0.2) is 16.3 Å². The van der Waals surface area contributed by atoms with Gasteiger partial charge < -0.3 is 8.85 Å². The van der Waals surface area contributed by atoms with Gasteiger partial charge in [0, 0.05) is 0 Å². The van der Waals surface area contributed by atoms with Crippen LogP contribution in [0.2, 0.25) is 0 Å². The highest BCUT2D eigenvalue weighted by Crippen LogP contribution is 1.99. The summed E-state index contributed by atoms with van der Waals surface area (Å²) in [6.45, 7) is 0.340. The highest BCUT2D eigenvalue weighted by atomic mass is 28.3. The van der Waals surface area contributed by atoms with E-state index in [1.807, 2.05) is 30.3 Å². The smallest absolute Gasteiger partial charge is 0.499 e. The minimum Gasteiger partial charge on any atom is -0.499 e. The van der Waals surface area contributed by atoms with E-state index in [0.29, 0.717) is 6.61 Å². The summed E-state index contributed by atoms with van der Waals surface area (Å²) in [5.41, 5.74) is 0.993. The van der Waals surface area contributed by atoms with Crippen molar-refractivity contribution in [3.63, 3.8) is 0 Å². The molecule has 0 saturated heterocycles. The van der Waals surface area contributed by atoms with Crippen LogP contribution in [0.25, 0.3) is 0 Å². The molecule has 4 heteroatoms. The first-order valence-corrected chi connectivity index (χ1v) is 4.80. The lowest BCUT2D eigenvalue weighted by atomic mass is 10.2. The average Bonchev–Trinajstić information content (AvgIpc) is 2.16. The molecule has 0 atom stereocenters. The van der Waals surface area contributed by atoms with E-state index in [1.54, 1.807) is 0 Å². The van der Waals surface area contributed by atoms with Gasteiger partial charge in [-0.1, -0.05) is 30.3 Å². The third-order valence-electron chi connectivity index (χ3n) is 1.37. The Morgan fingerprint density at radius 2 is 2.00 bits per heavy atom. The van der Waals surface area contributed by atoms with Crippen LogP contribution in [0.15, 0.2) is 30.3 Å². The first-order valence-electron chi connectivity index (χ1n) is 3.57. The van der Waals surface area contributed by atoms with Crippen molar-refractivity contribution in [3.05, 3.63) is 35.9 Å². The van der Waals surface area contributed by atoms with Crippen LogP contribution in [0.1, 0.15) is 5.56 Å². The third-order valence-corrected chi connectivity index (χ3v) is 2.08. The van der Waals surface area contributed by atoms with Crippen LogP contribution in [0.3, 0.4) is 0 Å². The Balaban J connectivity index is 2.38. The van der Waals surface area contributed by atoms with Crippen molar-refractivity contribution < 1.29 is 13.3 Å². The quantitative estimate of drug-likeness (QED) is 0.658. The Morgan fingerprint density at radius 1 is 1.33 bits per heavy atom. The second-order valence-electron chi connectivity index (χ2n) is 2.23. The van der Waals surface area contributed by atoms with E-state index in [1.165, 1.54) is 7.11 Å². The Kier molecular flexibility index (Phi) is 3.47. The topological polar surface area (TPSA) is 35.5 Å². The molecule has 0 spiro atoms. The van der Waals surface area contributed by atoms with Gasteiger partial charge in [0.2, 0.25) is 0 Å². The van der Waals surface area contributed by atoms with Crippen LogP contribution in [0, 0.1) is 0 Å². The lowest BCUT2D eigenvalue weighted by molar-refractivity contribution is 0.188. The largest absolute Gasteiger partial charge is 0.767 e. The maximum atomic E-state index is 10.7. The fourth-order valence-corrected chi connectivity index (χ4v) is 1.18. The van der Waals surface area contributed by atoms with E-state index in [0.717, 1.165) is 5.56 Å². The summed E-state index contributed by atoms with van der Waals surface area (Å²) >= 11 is 0. The van der Waals surface area contributed by atoms with Crippen molar-refractivity contribution in [2.75, 3.05) is 7.11 Å². The number of benzene rings is 1. The molecule has 0 bridgehead atoms. The van der Waals surface area contributed by atoms with Crippen molar-refractivity contribution >= 4 is 9.17 Å². The molecule has 64 valence electrons. The summed E-state index contributed by atoms with van der Waals surface area (Å²) in [5, 5.41) is 0. The molecular weight excluding hydrogens is 172 g/mol. The van der Waals surface area contributed by atoms with Crippen molar-refractivity contribution in [1.29, 1.82) is 0 Å². The minimum atomic E-state index is -2.28. The van der Waals surface area contributed by atoms with Crippen LogP contribution in [0.5, 0.6) is 0 Å². The molecule has 0 aliphatic rings. The maximum absolute atomic E-state index is 10.7. The predicted molar refractivity (Wildman–Crippen MR) is 44.7 cm³/mol. The zero-order valence-corrected chi connectivity index (χ0v) is 7.82. The first kappa shape index (κ1) is 8.93. The normalized spacial score (nSPS) is 9.08. The Labute approximate surface area is 72.8 Å². The summed E-state index contributed by atoms with van der Waals surface area (Å²) in [4.78, 5) is 0. The van der Waals surface area contributed by atoms with Crippen LogP contribution < -0.4 is 0 Å². The molecule has 1 aromatic carbocycles. The molecule has 0 aromatic heterocycles. The Morgan fingerprint density at radius 3 is 2.58 bits per heavy atom. The van der Waals surface area contributed by atoms with Crippen molar-refractivity contribution in [3.8, 4) is 0 Å². The van der Waals surface area contributed by atoms with Gasteiger partial charge in [-0.2, -0.15) is 0 Å². The van der Waals surface area contributed by atoms with Gasteiger partial charge in [-0.15, -0.1) is 0 Å². The second-order valence-corrected chi connectivity index (χ2v) is 3.43. The molecule has 0 aliphatic heterocycles. The molecule has 1 aromatic rings. The third kappa shape index (κ3) is 2.83. The van der Waals surface area contributed by atoms with Gasteiger partial charge in [0.1, 0.15) is 6.61 Å². The summed E-state index contributed by atoms with van der Waals surface area (Å²) in [6, 6.07) is 9.55. The molecule has 12 heavy (non-hydrogen) atoms. The summed E-state index contributed by atoms with van der Waals surface area (Å²) in [6.07, 6.45) is 0. The van der Waals surface area contributed by atoms with E-state index >= 15 is 0 Å². The number of rotatable bonds is 4. The van der Waals surface area contributed by atoms with Gasteiger partial charge in [-0.3, -0.25) is 4.46 Å². The van der Waals surface area contributed by atoms with Gasteiger partial charge in [0.25, 0.3) is 0 Å². The van der Waals surface area contributed by atoms with Gasteiger partial charge in [0.15, 0.2) is 0 Å². The fourth-order valence-electron chi connectivity index (χ4n) is 0.775. The van der Waals surface area contributed by atoms with Gasteiger partial charge in [0.05, 0.1) is 7.11 Å². The molecule has 0 fully saturated rings. The minimum absolute atomic E-state index is 0.340. The lowest BCUT2D eigenvalue weighted by Crippen LogP contribution is -2.08. The maximum Gasteiger partial charge on any atom is 0.767 e. The summed E-state index contributed by atoms with van der Waals surface area (Å²) in [5.74, 6) is 0. The standard InChI is InChI=1S/C8H10O3Si/c1-10-12(9)11-7-8-5-3-2-4-6-8/h2-6H,7H2,1H3. The highest BCUT2D eigenvalue weighted by Gasteiger charge is 2.06. The lowest BCUT2D eigenvalue weighted by Gasteiger charge is -2.01. The number of hydrogen-bond donors (Lipinski definition) is 0. The van der Waals surface area contributed by atoms with Crippen molar-refractivity contribution in [2.45, 2.75) is 6.61 Å². The fraction of sp³-hybridized carbons (Fsp3) is 0.250. The summed E-state index contributed by atoms with van der Waals surface area (Å²) in [7, 11) is -0.909. The zero-order chi connectivity index (χ0) is 8.81. The monoisotopic (exact) mass is 182 g/mol. The molecule has 0 radical (unpaired) electrons. The SMILES string of the molecule is CO[Si](=O)OCc1ccccc1. The molecule has 0 heterocycles. The highest BCUT2D eigenvalue weighted by molar-refractivity contribution is 6.25. The van der Waals surface area contributed by atoms with Crippen molar-refractivity contribution in [2.24, 2.45) is 0 Å². The Hall–Kier alpha value is -1.16. The predicted octanol–water partition coefficient (Wildman–Crippen LogP) is 1.26. The van der Waals surface area contributed by atoms with Gasteiger partial charge in [-0.05, 0) is 5.56 Å². The second kappa shape index (κ2) is 4.66. The van der Waals surface area contributed by atoms with Gasteiger partial charge >= 0.3 is 9.17 Å². The first-order chi connectivity index (χ1) is 5.83. The van der Waals surface area contributed by atoms with Crippen LogP contribution >= 0.6 is 0 Å². The van der Waals surface area contributed by atoms with Crippen LogP contribution in [0.4, 0.5) is 0 Å². The van der Waals surface area contributed by atoms with E-state index in [-0.39, 0.29) is 0 Å². The van der Waals surface area contributed by atoms with E-state index in [4.69, 9.17) is 4.43 Å². The molecular formula is C8H10O3Si. The van der Waals surface area contributed by atoms with E-state index < -0.39 is 9.17 Å².